The Labute approximate surface area is 261 Å². The molecule has 0 unspecified atom stereocenters. The van der Waals surface area contributed by atoms with Gasteiger partial charge in [0.25, 0.3) is 0 Å². The molecular weight excluding hydrogens is 563 g/mol. The van der Waals surface area contributed by atoms with Crippen molar-refractivity contribution in [1.29, 1.82) is 0 Å². The fraction of sp³-hybridized carbons (Fsp3) is 0.132. The maximum Gasteiger partial charge on any atom is 0.412 e. The van der Waals surface area contributed by atoms with Gasteiger partial charge < -0.3 is 4.74 Å². The van der Waals surface area contributed by atoms with Crippen molar-refractivity contribution < 1.29 is 13.9 Å². The van der Waals surface area contributed by atoms with Crippen molar-refractivity contribution in [2.75, 3.05) is 5.32 Å². The number of ether oxygens (including phenoxy) is 1. The molecule has 0 aliphatic carbocycles. The molecule has 45 heavy (non-hydrogen) atoms. The number of hydrogen-bond donors (Lipinski definition) is 1. The topological polar surface area (TPSA) is 69.0 Å². The van der Waals surface area contributed by atoms with Gasteiger partial charge in [-0.2, -0.15) is 5.10 Å². The fourth-order valence-corrected chi connectivity index (χ4v) is 5.64. The zero-order valence-electron chi connectivity index (χ0n) is 25.3. The van der Waals surface area contributed by atoms with Gasteiger partial charge in [0, 0.05) is 23.5 Å². The van der Waals surface area contributed by atoms with Crippen molar-refractivity contribution >= 4 is 34.8 Å². The van der Waals surface area contributed by atoms with Gasteiger partial charge in [-0.1, -0.05) is 103 Å². The highest BCUT2D eigenvalue weighted by Crippen LogP contribution is 2.43. The van der Waals surface area contributed by atoms with Crippen LogP contribution in [0.4, 0.5) is 14.9 Å². The molecule has 0 saturated heterocycles. The second-order valence-electron chi connectivity index (χ2n) is 11.7. The third-order valence-corrected chi connectivity index (χ3v) is 7.41. The molecule has 0 aliphatic heterocycles. The van der Waals surface area contributed by atoms with Crippen LogP contribution in [0.3, 0.4) is 0 Å². The van der Waals surface area contributed by atoms with Crippen molar-refractivity contribution in [3.63, 3.8) is 0 Å². The summed E-state index contributed by atoms with van der Waals surface area (Å²) < 4.78 is 23.9. The van der Waals surface area contributed by atoms with E-state index in [0.717, 1.165) is 22.3 Å². The van der Waals surface area contributed by atoms with Gasteiger partial charge in [0.1, 0.15) is 16.7 Å². The van der Waals surface area contributed by atoms with Gasteiger partial charge in [-0.25, -0.2) is 13.9 Å². The van der Waals surface area contributed by atoms with E-state index in [2.05, 4.69) is 10.3 Å². The number of rotatable bonds is 7. The molecule has 2 aromatic heterocycles. The number of fused-ring (bicyclic) bond motifs is 1. The average Bonchev–Trinajstić information content (AvgIpc) is 3.40. The largest absolute Gasteiger partial charge is 0.444 e. The Balaban J connectivity index is 1.67. The maximum absolute atomic E-state index is 16.7. The number of hydrogen-bond acceptors (Lipinski definition) is 4. The van der Waals surface area contributed by atoms with Gasteiger partial charge in [-0.05, 0) is 67.3 Å². The maximum atomic E-state index is 16.7. The van der Waals surface area contributed by atoms with Gasteiger partial charge in [0.05, 0.1) is 5.69 Å². The average molecular weight is 597 g/mol. The lowest BCUT2D eigenvalue weighted by Crippen LogP contribution is -2.38. The summed E-state index contributed by atoms with van der Waals surface area (Å²) >= 11 is 0. The van der Waals surface area contributed by atoms with Crippen molar-refractivity contribution in [3.05, 3.63) is 161 Å². The number of halogens is 1. The molecule has 2 heterocycles. The van der Waals surface area contributed by atoms with E-state index in [1.807, 2.05) is 115 Å². The van der Waals surface area contributed by atoms with Crippen LogP contribution in [0, 0.1) is 5.82 Å². The summed E-state index contributed by atoms with van der Waals surface area (Å²) in [5.74, 6) is -0.542. The Bertz CT molecular complexity index is 1850. The molecule has 4 aromatic carbocycles. The minimum atomic E-state index is -1.05. The van der Waals surface area contributed by atoms with Crippen molar-refractivity contribution in [1.82, 2.24) is 14.8 Å². The lowest BCUT2D eigenvalue weighted by molar-refractivity contribution is 0.0636. The van der Waals surface area contributed by atoms with Gasteiger partial charge in [0.15, 0.2) is 5.82 Å². The second kappa shape index (κ2) is 12.2. The predicted molar refractivity (Wildman–Crippen MR) is 177 cm³/mol. The number of benzene rings is 4. The van der Waals surface area contributed by atoms with Gasteiger partial charge in [-0.3, -0.25) is 10.3 Å². The van der Waals surface area contributed by atoms with Gasteiger partial charge in [-0.15, -0.1) is 0 Å². The first-order valence-electron chi connectivity index (χ1n) is 14.7. The molecule has 6 aromatic rings. The molecule has 1 N–H and O–H groups in total. The number of carbonyl (C=O) groups is 1. The van der Waals surface area contributed by atoms with E-state index in [4.69, 9.17) is 9.84 Å². The molecule has 0 fully saturated rings. The highest BCUT2D eigenvalue weighted by Gasteiger charge is 2.41. The van der Waals surface area contributed by atoms with Crippen LogP contribution < -0.4 is 5.32 Å². The Morgan fingerprint density at radius 3 is 1.89 bits per heavy atom. The number of amides is 1. The highest BCUT2D eigenvalue weighted by molar-refractivity contribution is 5.95. The molecule has 0 bridgehead atoms. The number of anilines is 1. The van der Waals surface area contributed by atoms with E-state index in [1.54, 1.807) is 43.9 Å². The van der Waals surface area contributed by atoms with E-state index in [1.165, 1.54) is 6.07 Å². The number of pyridine rings is 1. The summed E-state index contributed by atoms with van der Waals surface area (Å²) in [4.78, 5) is 16.9. The Hall–Kier alpha value is -5.56. The minimum Gasteiger partial charge on any atom is -0.444 e. The molecular formula is C38H33FN4O2. The molecule has 1 amide bonds. The van der Waals surface area contributed by atoms with E-state index < -0.39 is 23.1 Å². The van der Waals surface area contributed by atoms with Gasteiger partial charge >= 0.3 is 6.09 Å². The van der Waals surface area contributed by atoms with Gasteiger partial charge in [0.2, 0.25) is 0 Å². The number of nitrogens with zero attached hydrogens (tertiary/aromatic N) is 3. The van der Waals surface area contributed by atoms with Crippen molar-refractivity contribution in [2.45, 2.75) is 31.9 Å². The fourth-order valence-electron chi connectivity index (χ4n) is 5.64. The first-order chi connectivity index (χ1) is 21.8. The smallest absolute Gasteiger partial charge is 0.412 e. The lowest BCUT2D eigenvalue weighted by Gasteiger charge is -2.37. The Kier molecular flexibility index (Phi) is 8.00. The quantitative estimate of drug-likeness (QED) is 0.187. The molecule has 224 valence electrons. The molecule has 0 aliphatic rings. The number of nitrogens with one attached hydrogen (secondary N) is 1. The van der Waals surface area contributed by atoms with E-state index in [-0.39, 0.29) is 11.2 Å². The standard InChI is InChI=1S/C38H33FN4O2/c1-37(2,3)45-36(44)41-31-24-32-34(22-21-27-14-13-23-40-26-27)42-43(35(32)33(39)25-31)38(28-15-7-4-8-16-28,29-17-9-5-10-18-29)30-19-11-6-12-20-30/h4-26H,1-3H3,(H,41,44)/b22-21+. The first kappa shape index (κ1) is 29.5. The summed E-state index contributed by atoms with van der Waals surface area (Å²) in [6, 6.07) is 36.8. The summed E-state index contributed by atoms with van der Waals surface area (Å²) in [5.41, 5.74) is 2.89. The van der Waals surface area contributed by atoms with Crippen LogP contribution in [0.5, 0.6) is 0 Å². The number of carbonyl (C=O) groups excluding carboxylic acids is 1. The monoisotopic (exact) mass is 596 g/mol. The van der Waals surface area contributed by atoms with Crippen LogP contribution >= 0.6 is 0 Å². The zero-order chi connectivity index (χ0) is 31.4. The predicted octanol–water partition coefficient (Wildman–Crippen LogP) is 8.93. The van der Waals surface area contributed by atoms with E-state index in [0.29, 0.717) is 11.1 Å². The summed E-state index contributed by atoms with van der Waals surface area (Å²) in [5, 5.41) is 8.40. The lowest BCUT2D eigenvalue weighted by atomic mass is 9.77. The van der Waals surface area contributed by atoms with Crippen LogP contribution in [0.25, 0.3) is 23.1 Å². The van der Waals surface area contributed by atoms with E-state index >= 15 is 4.39 Å². The normalized spacial score (nSPS) is 12.0. The molecule has 7 heteroatoms. The highest BCUT2D eigenvalue weighted by atomic mass is 19.1. The molecule has 0 saturated carbocycles. The summed E-state index contributed by atoms with van der Waals surface area (Å²) in [6.07, 6.45) is 6.51. The minimum absolute atomic E-state index is 0.259. The van der Waals surface area contributed by atoms with Crippen LogP contribution in [0.15, 0.2) is 128 Å². The molecule has 6 rings (SSSR count). The second-order valence-corrected chi connectivity index (χ2v) is 11.7. The molecule has 0 radical (unpaired) electrons. The zero-order valence-corrected chi connectivity index (χ0v) is 25.3. The summed E-state index contributed by atoms with van der Waals surface area (Å²) in [7, 11) is 0. The van der Waals surface area contributed by atoms with Crippen molar-refractivity contribution in [2.24, 2.45) is 0 Å². The third kappa shape index (κ3) is 5.97. The summed E-state index contributed by atoms with van der Waals surface area (Å²) in [6.45, 7) is 5.33. The molecule has 0 spiro atoms. The Morgan fingerprint density at radius 1 is 0.800 bits per heavy atom. The number of aromatic nitrogens is 3. The molecule has 6 nitrogen and oxygen atoms in total. The van der Waals surface area contributed by atoms with Crippen LogP contribution in [-0.4, -0.2) is 26.5 Å². The third-order valence-electron chi connectivity index (χ3n) is 7.41. The van der Waals surface area contributed by atoms with Crippen LogP contribution in [0.2, 0.25) is 0 Å². The Morgan fingerprint density at radius 2 is 1.38 bits per heavy atom. The molecule has 0 atom stereocenters. The SMILES string of the molecule is CC(C)(C)OC(=O)Nc1cc(F)c2c(c1)c(/C=C/c1cccnc1)nn2C(c1ccccc1)(c1ccccc1)c1ccccc1. The van der Waals surface area contributed by atoms with Crippen molar-refractivity contribution in [3.8, 4) is 0 Å². The van der Waals surface area contributed by atoms with E-state index in [9.17, 15) is 4.79 Å². The van der Waals surface area contributed by atoms with Crippen LogP contribution in [-0.2, 0) is 10.3 Å². The van der Waals surface area contributed by atoms with Crippen LogP contribution in [0.1, 0.15) is 48.7 Å². The first-order valence-corrected chi connectivity index (χ1v) is 14.7.